The number of thioether (sulfide) groups is 1. The molecule has 0 spiro atoms. The molecule has 12 heteroatoms. The normalized spacial score (nSPS) is 12.6. The van der Waals surface area contributed by atoms with E-state index in [2.05, 4.69) is 15.1 Å². The molecule has 1 aromatic carbocycles. The first-order chi connectivity index (χ1) is 15.0. The van der Waals surface area contributed by atoms with Gasteiger partial charge in [0.05, 0.1) is 28.4 Å². The van der Waals surface area contributed by atoms with Crippen molar-refractivity contribution < 1.29 is 26.3 Å². The van der Waals surface area contributed by atoms with Crippen molar-refractivity contribution in [1.29, 1.82) is 0 Å². The van der Waals surface area contributed by atoms with Crippen molar-refractivity contribution >= 4 is 22.8 Å². The van der Waals surface area contributed by atoms with Crippen LogP contribution in [0.4, 0.5) is 26.3 Å². The topological polar surface area (TPSA) is 48.5 Å². The van der Waals surface area contributed by atoms with E-state index in [1.807, 2.05) is 6.92 Å². The maximum atomic E-state index is 13.1. The Morgan fingerprint density at radius 1 is 0.938 bits per heavy atom. The van der Waals surface area contributed by atoms with E-state index >= 15 is 0 Å². The molecular formula is C20H15F6N5S. The lowest BCUT2D eigenvalue weighted by Gasteiger charge is -2.10. The molecule has 0 aliphatic heterocycles. The van der Waals surface area contributed by atoms with Gasteiger partial charge < -0.3 is 4.57 Å². The van der Waals surface area contributed by atoms with Crippen LogP contribution >= 0.6 is 11.8 Å². The fraction of sp³-hybridized carbons (Fsp3) is 0.250. The second-order valence-electron chi connectivity index (χ2n) is 6.82. The third kappa shape index (κ3) is 4.06. The molecule has 0 fully saturated rings. The summed E-state index contributed by atoms with van der Waals surface area (Å²) in [7, 11) is 1.64. The molecule has 3 heterocycles. The standard InChI is InChI=1S/C20H15F6N5S/c1-3-32-15-6-7-16(31-10-12(9-27-31)20(24,25)26)29-17(15)18-28-13-8-11(19(21,22)23)4-5-14(13)30(18)2/h4-10H,3H2,1-2H3. The maximum Gasteiger partial charge on any atom is 0.419 e. The number of imidazole rings is 1. The molecule has 3 aromatic heterocycles. The van der Waals surface area contributed by atoms with Crippen LogP contribution in [0.5, 0.6) is 0 Å². The first-order valence-corrected chi connectivity index (χ1v) is 10.3. The van der Waals surface area contributed by atoms with Crippen LogP contribution in [0, 0.1) is 0 Å². The minimum absolute atomic E-state index is 0.124. The van der Waals surface area contributed by atoms with Crippen molar-refractivity contribution in [3.05, 3.63) is 53.9 Å². The average Bonchev–Trinajstić information content (AvgIpc) is 3.33. The third-order valence-electron chi connectivity index (χ3n) is 4.71. The minimum Gasteiger partial charge on any atom is -0.326 e. The quantitative estimate of drug-likeness (QED) is 0.272. The number of halogens is 6. The molecule has 0 bridgehead atoms. The number of hydrogen-bond acceptors (Lipinski definition) is 4. The van der Waals surface area contributed by atoms with Gasteiger partial charge in [0, 0.05) is 18.1 Å². The molecule has 0 unspecified atom stereocenters. The Balaban J connectivity index is 1.86. The number of benzene rings is 1. The molecule has 0 saturated carbocycles. The molecule has 0 aliphatic carbocycles. The van der Waals surface area contributed by atoms with Crippen LogP contribution in [0.25, 0.3) is 28.4 Å². The van der Waals surface area contributed by atoms with Gasteiger partial charge in [0.1, 0.15) is 5.69 Å². The van der Waals surface area contributed by atoms with E-state index in [-0.39, 0.29) is 11.3 Å². The Morgan fingerprint density at radius 2 is 1.66 bits per heavy atom. The number of aromatic nitrogens is 5. The molecule has 168 valence electrons. The summed E-state index contributed by atoms with van der Waals surface area (Å²) in [5.74, 6) is 1.09. The summed E-state index contributed by atoms with van der Waals surface area (Å²) in [6.07, 6.45) is -7.54. The van der Waals surface area contributed by atoms with Gasteiger partial charge in [-0.25, -0.2) is 14.6 Å². The third-order valence-corrected chi connectivity index (χ3v) is 5.64. The zero-order valence-corrected chi connectivity index (χ0v) is 17.5. The molecule has 32 heavy (non-hydrogen) atoms. The van der Waals surface area contributed by atoms with Gasteiger partial charge in [0.25, 0.3) is 0 Å². The molecule has 4 aromatic rings. The molecule has 0 aliphatic rings. The number of aryl methyl sites for hydroxylation is 1. The van der Waals surface area contributed by atoms with Crippen molar-refractivity contribution in [2.75, 3.05) is 5.75 Å². The van der Waals surface area contributed by atoms with Gasteiger partial charge in [-0.3, -0.25) is 0 Å². The summed E-state index contributed by atoms with van der Waals surface area (Å²) in [5, 5.41) is 3.74. The molecule has 0 amide bonds. The summed E-state index contributed by atoms with van der Waals surface area (Å²) in [5.41, 5.74) is -0.807. The van der Waals surface area contributed by atoms with Gasteiger partial charge in [-0.15, -0.1) is 11.8 Å². The largest absolute Gasteiger partial charge is 0.419 e. The van der Waals surface area contributed by atoms with Crippen LogP contribution in [-0.2, 0) is 19.4 Å². The lowest BCUT2D eigenvalue weighted by molar-refractivity contribution is -0.138. The van der Waals surface area contributed by atoms with E-state index < -0.39 is 23.5 Å². The zero-order chi connectivity index (χ0) is 23.3. The summed E-state index contributed by atoms with van der Waals surface area (Å²) < 4.78 is 80.7. The Labute approximate surface area is 182 Å². The Bertz CT molecular complexity index is 1290. The summed E-state index contributed by atoms with van der Waals surface area (Å²) >= 11 is 1.43. The van der Waals surface area contributed by atoms with Gasteiger partial charge in [-0.1, -0.05) is 6.92 Å². The van der Waals surface area contributed by atoms with Crippen molar-refractivity contribution in [1.82, 2.24) is 24.3 Å². The van der Waals surface area contributed by atoms with Crippen LogP contribution < -0.4 is 0 Å². The Hall–Kier alpha value is -3.02. The lowest BCUT2D eigenvalue weighted by Crippen LogP contribution is -2.05. The Kier molecular flexibility index (Phi) is 5.43. The number of alkyl halides is 6. The van der Waals surface area contributed by atoms with Crippen LogP contribution in [0.1, 0.15) is 18.1 Å². The summed E-state index contributed by atoms with van der Waals surface area (Å²) in [6, 6.07) is 6.47. The van der Waals surface area contributed by atoms with Crippen LogP contribution in [-0.4, -0.2) is 30.1 Å². The van der Waals surface area contributed by atoms with E-state index in [0.717, 1.165) is 23.0 Å². The molecule has 0 saturated heterocycles. The minimum atomic E-state index is -4.55. The number of hydrogen-bond donors (Lipinski definition) is 0. The van der Waals surface area contributed by atoms with Gasteiger partial charge in [-0.05, 0) is 36.1 Å². The molecule has 5 nitrogen and oxygen atoms in total. The van der Waals surface area contributed by atoms with Gasteiger partial charge in [0.15, 0.2) is 11.6 Å². The van der Waals surface area contributed by atoms with E-state index in [4.69, 9.17) is 0 Å². The van der Waals surface area contributed by atoms with Gasteiger partial charge in [0.2, 0.25) is 0 Å². The van der Waals surface area contributed by atoms with Gasteiger partial charge in [-0.2, -0.15) is 31.4 Å². The highest BCUT2D eigenvalue weighted by Gasteiger charge is 2.33. The van der Waals surface area contributed by atoms with Gasteiger partial charge >= 0.3 is 12.4 Å². The maximum absolute atomic E-state index is 13.1. The SMILES string of the molecule is CCSc1ccc(-n2cc(C(F)(F)F)cn2)nc1-c1nc2cc(C(F)(F)F)ccc2n1C. The fourth-order valence-electron chi connectivity index (χ4n) is 3.18. The number of fused-ring (bicyclic) bond motifs is 1. The molecule has 0 radical (unpaired) electrons. The van der Waals surface area contributed by atoms with Crippen LogP contribution in [0.3, 0.4) is 0 Å². The highest BCUT2D eigenvalue weighted by atomic mass is 32.2. The van der Waals surface area contributed by atoms with E-state index in [1.165, 1.54) is 23.9 Å². The van der Waals surface area contributed by atoms with Crippen molar-refractivity contribution in [3.8, 4) is 17.3 Å². The second kappa shape index (κ2) is 7.84. The summed E-state index contributed by atoms with van der Waals surface area (Å²) in [4.78, 5) is 9.51. The number of nitrogens with zero attached hydrogens (tertiary/aromatic N) is 5. The Morgan fingerprint density at radius 3 is 2.28 bits per heavy atom. The average molecular weight is 471 g/mol. The first kappa shape index (κ1) is 22.2. The van der Waals surface area contributed by atoms with Crippen LogP contribution in [0.15, 0.2) is 47.6 Å². The molecule has 4 rings (SSSR count). The number of pyridine rings is 1. The predicted octanol–water partition coefficient (Wildman–Crippen LogP) is 5.97. The predicted molar refractivity (Wildman–Crippen MR) is 107 cm³/mol. The van der Waals surface area contributed by atoms with Crippen molar-refractivity contribution in [3.63, 3.8) is 0 Å². The summed E-state index contributed by atoms with van der Waals surface area (Å²) in [6.45, 7) is 1.91. The van der Waals surface area contributed by atoms with E-state index in [1.54, 1.807) is 17.7 Å². The van der Waals surface area contributed by atoms with E-state index in [9.17, 15) is 26.3 Å². The first-order valence-electron chi connectivity index (χ1n) is 9.29. The van der Waals surface area contributed by atoms with Crippen LogP contribution in [0.2, 0.25) is 0 Å². The zero-order valence-electron chi connectivity index (χ0n) is 16.7. The molecule has 0 N–H and O–H groups in total. The lowest BCUT2D eigenvalue weighted by atomic mass is 10.2. The molecular weight excluding hydrogens is 456 g/mol. The number of rotatable bonds is 4. The van der Waals surface area contributed by atoms with E-state index in [0.29, 0.717) is 33.9 Å². The van der Waals surface area contributed by atoms with Crippen molar-refractivity contribution in [2.24, 2.45) is 7.05 Å². The van der Waals surface area contributed by atoms with Crippen molar-refractivity contribution in [2.45, 2.75) is 24.2 Å². The second-order valence-corrected chi connectivity index (χ2v) is 8.12. The smallest absolute Gasteiger partial charge is 0.326 e. The highest BCUT2D eigenvalue weighted by molar-refractivity contribution is 7.99. The fourth-order valence-corrected chi connectivity index (χ4v) is 3.93. The monoisotopic (exact) mass is 471 g/mol. The molecule has 0 atom stereocenters. The highest BCUT2D eigenvalue weighted by Crippen LogP contribution is 2.35.